The van der Waals surface area contributed by atoms with E-state index in [1.165, 1.54) is 12.1 Å². The summed E-state index contributed by atoms with van der Waals surface area (Å²) in [5.74, 6) is 0.345. The Morgan fingerprint density at radius 3 is 2.23 bits per heavy atom. The Morgan fingerprint density at radius 2 is 1.61 bits per heavy atom. The summed E-state index contributed by atoms with van der Waals surface area (Å²) < 4.78 is 34.0. The number of anilines is 2. The number of benzene rings is 3. The van der Waals surface area contributed by atoms with Gasteiger partial charge < -0.3 is 10.1 Å². The fourth-order valence-electron chi connectivity index (χ4n) is 2.85. The van der Waals surface area contributed by atoms with Crippen molar-refractivity contribution in [3.05, 3.63) is 81.8 Å². The van der Waals surface area contributed by atoms with Crippen LogP contribution < -0.4 is 14.8 Å². The first-order chi connectivity index (χ1) is 14.7. The van der Waals surface area contributed by atoms with E-state index >= 15 is 0 Å². The van der Waals surface area contributed by atoms with Gasteiger partial charge in [0, 0.05) is 16.9 Å². The van der Waals surface area contributed by atoms with Gasteiger partial charge in [-0.3, -0.25) is 9.52 Å². The van der Waals surface area contributed by atoms with Crippen molar-refractivity contribution in [1.29, 1.82) is 0 Å². The molecule has 2 N–H and O–H groups in total. The SMILES string of the molecule is CCOc1ccc(C(=O)Nc2ccc(S(=O)(=O)Nc3ccc(C)c(C)c3)cc2)cc1Br. The van der Waals surface area contributed by atoms with Crippen LogP contribution >= 0.6 is 15.9 Å². The molecule has 0 unspecified atom stereocenters. The van der Waals surface area contributed by atoms with Crippen LogP contribution in [-0.4, -0.2) is 20.9 Å². The minimum absolute atomic E-state index is 0.104. The van der Waals surface area contributed by atoms with Crippen LogP contribution in [0.5, 0.6) is 5.75 Å². The Bertz CT molecular complexity index is 1210. The Hall–Kier alpha value is -2.84. The quantitative estimate of drug-likeness (QED) is 0.445. The van der Waals surface area contributed by atoms with Crippen LogP contribution in [0.4, 0.5) is 11.4 Å². The van der Waals surface area contributed by atoms with Crippen molar-refractivity contribution in [3.63, 3.8) is 0 Å². The maximum Gasteiger partial charge on any atom is 0.261 e. The minimum Gasteiger partial charge on any atom is -0.493 e. The van der Waals surface area contributed by atoms with Crippen LogP contribution in [0.3, 0.4) is 0 Å². The summed E-state index contributed by atoms with van der Waals surface area (Å²) in [6.07, 6.45) is 0. The third-order valence-corrected chi connectivity index (χ3v) is 6.69. The highest BCUT2D eigenvalue weighted by molar-refractivity contribution is 9.10. The number of hydrogen-bond acceptors (Lipinski definition) is 4. The van der Waals surface area contributed by atoms with E-state index in [0.717, 1.165) is 11.1 Å². The number of rotatable bonds is 7. The number of sulfonamides is 1. The second-order valence-corrected chi connectivity index (χ2v) is 9.50. The van der Waals surface area contributed by atoms with Gasteiger partial charge in [-0.15, -0.1) is 0 Å². The average Bonchev–Trinajstić information content (AvgIpc) is 2.72. The zero-order valence-corrected chi connectivity index (χ0v) is 19.8. The van der Waals surface area contributed by atoms with E-state index in [1.807, 2.05) is 26.8 Å². The molecule has 0 aliphatic carbocycles. The first kappa shape index (κ1) is 22.8. The van der Waals surface area contributed by atoms with Crippen LogP contribution in [0, 0.1) is 13.8 Å². The van der Waals surface area contributed by atoms with Gasteiger partial charge >= 0.3 is 0 Å². The number of amides is 1. The molecule has 0 atom stereocenters. The summed E-state index contributed by atoms with van der Waals surface area (Å²) in [6, 6.07) is 16.4. The molecule has 162 valence electrons. The second-order valence-electron chi connectivity index (χ2n) is 6.96. The van der Waals surface area contributed by atoms with Crippen molar-refractivity contribution in [2.75, 3.05) is 16.6 Å². The van der Waals surface area contributed by atoms with Crippen molar-refractivity contribution in [1.82, 2.24) is 0 Å². The summed E-state index contributed by atoms with van der Waals surface area (Å²) in [5, 5.41) is 2.76. The molecule has 3 aromatic rings. The minimum atomic E-state index is -3.74. The maximum atomic E-state index is 12.7. The van der Waals surface area contributed by atoms with Gasteiger partial charge in [-0.05, 0) is 102 Å². The van der Waals surface area contributed by atoms with Gasteiger partial charge in [0.25, 0.3) is 15.9 Å². The van der Waals surface area contributed by atoms with Gasteiger partial charge in [0.15, 0.2) is 0 Å². The molecule has 0 aliphatic heterocycles. The van der Waals surface area contributed by atoms with E-state index in [4.69, 9.17) is 4.74 Å². The van der Waals surface area contributed by atoms with Crippen LogP contribution in [0.2, 0.25) is 0 Å². The van der Waals surface area contributed by atoms with E-state index in [1.54, 1.807) is 42.5 Å². The van der Waals surface area contributed by atoms with Gasteiger partial charge in [-0.25, -0.2) is 8.42 Å². The van der Waals surface area contributed by atoms with Crippen LogP contribution in [-0.2, 0) is 10.0 Å². The number of ether oxygens (including phenoxy) is 1. The highest BCUT2D eigenvalue weighted by atomic mass is 79.9. The number of halogens is 1. The Morgan fingerprint density at radius 1 is 0.935 bits per heavy atom. The molecule has 0 saturated carbocycles. The highest BCUT2D eigenvalue weighted by Crippen LogP contribution is 2.26. The molecule has 6 nitrogen and oxygen atoms in total. The molecule has 0 radical (unpaired) electrons. The third-order valence-electron chi connectivity index (χ3n) is 4.68. The lowest BCUT2D eigenvalue weighted by atomic mass is 10.1. The molecule has 3 aromatic carbocycles. The van der Waals surface area contributed by atoms with Gasteiger partial charge in [-0.2, -0.15) is 0 Å². The number of aryl methyl sites for hydroxylation is 2. The van der Waals surface area contributed by atoms with Crippen molar-refractivity contribution in [3.8, 4) is 5.75 Å². The van der Waals surface area contributed by atoms with Crippen molar-refractivity contribution in [2.45, 2.75) is 25.7 Å². The Balaban J connectivity index is 1.71. The molecule has 8 heteroatoms. The molecule has 0 aliphatic rings. The Labute approximate surface area is 190 Å². The van der Waals surface area contributed by atoms with E-state index < -0.39 is 10.0 Å². The predicted octanol–water partition coefficient (Wildman–Crippen LogP) is 5.52. The molecule has 0 aromatic heterocycles. The summed E-state index contributed by atoms with van der Waals surface area (Å²) in [5.41, 5.74) is 3.52. The molecule has 0 saturated heterocycles. The lowest BCUT2D eigenvalue weighted by Crippen LogP contribution is -2.14. The van der Waals surface area contributed by atoms with Crippen LogP contribution in [0.1, 0.15) is 28.4 Å². The first-order valence-corrected chi connectivity index (χ1v) is 11.9. The lowest BCUT2D eigenvalue weighted by molar-refractivity contribution is 0.102. The molecule has 3 rings (SSSR count). The molecule has 0 heterocycles. The molecule has 0 fully saturated rings. The highest BCUT2D eigenvalue weighted by Gasteiger charge is 2.15. The van der Waals surface area contributed by atoms with E-state index in [9.17, 15) is 13.2 Å². The van der Waals surface area contributed by atoms with Crippen LogP contribution in [0.15, 0.2) is 70.0 Å². The summed E-state index contributed by atoms with van der Waals surface area (Å²) in [6.45, 7) is 6.30. The van der Waals surface area contributed by atoms with Crippen molar-refractivity contribution in [2.24, 2.45) is 0 Å². The predicted molar refractivity (Wildman–Crippen MR) is 126 cm³/mol. The fraction of sp³-hybridized carbons (Fsp3) is 0.174. The van der Waals surface area contributed by atoms with E-state index in [0.29, 0.717) is 33.8 Å². The molecule has 0 spiro atoms. The van der Waals surface area contributed by atoms with Gasteiger partial charge in [0.05, 0.1) is 16.0 Å². The molecular formula is C23H23BrN2O4S. The fourth-order valence-corrected chi connectivity index (χ4v) is 4.40. The number of carbonyl (C=O) groups excluding carboxylic acids is 1. The lowest BCUT2D eigenvalue weighted by Gasteiger charge is -2.11. The van der Waals surface area contributed by atoms with Crippen LogP contribution in [0.25, 0.3) is 0 Å². The Kier molecular flexibility index (Phi) is 7.02. The molecule has 0 bridgehead atoms. The van der Waals surface area contributed by atoms with Gasteiger partial charge in [0.1, 0.15) is 5.75 Å². The molecular weight excluding hydrogens is 480 g/mol. The van der Waals surface area contributed by atoms with E-state index in [-0.39, 0.29) is 10.8 Å². The zero-order valence-electron chi connectivity index (χ0n) is 17.4. The standard InChI is InChI=1S/C23H23BrN2O4S/c1-4-30-22-12-6-17(14-21(22)24)23(27)25-18-8-10-20(11-9-18)31(28,29)26-19-7-5-15(2)16(3)13-19/h5-14,26H,4H2,1-3H3,(H,25,27). The molecule has 31 heavy (non-hydrogen) atoms. The third kappa shape index (κ3) is 5.65. The number of nitrogens with one attached hydrogen (secondary N) is 2. The maximum absolute atomic E-state index is 12.7. The topological polar surface area (TPSA) is 84.5 Å². The van der Waals surface area contributed by atoms with Gasteiger partial charge in [0.2, 0.25) is 0 Å². The first-order valence-electron chi connectivity index (χ1n) is 9.63. The summed E-state index contributed by atoms with van der Waals surface area (Å²) >= 11 is 3.39. The average molecular weight is 503 g/mol. The molecule has 1 amide bonds. The zero-order chi connectivity index (χ0) is 22.6. The van der Waals surface area contributed by atoms with Gasteiger partial charge in [-0.1, -0.05) is 6.07 Å². The largest absolute Gasteiger partial charge is 0.493 e. The number of hydrogen-bond donors (Lipinski definition) is 2. The second kappa shape index (κ2) is 9.53. The summed E-state index contributed by atoms with van der Waals surface area (Å²) in [4.78, 5) is 12.6. The van der Waals surface area contributed by atoms with Crippen molar-refractivity contribution >= 4 is 43.2 Å². The van der Waals surface area contributed by atoms with Crippen molar-refractivity contribution < 1.29 is 17.9 Å². The number of carbonyl (C=O) groups is 1. The smallest absolute Gasteiger partial charge is 0.261 e. The monoisotopic (exact) mass is 502 g/mol. The summed E-state index contributed by atoms with van der Waals surface area (Å²) in [7, 11) is -3.74. The van der Waals surface area contributed by atoms with E-state index in [2.05, 4.69) is 26.0 Å². The normalized spacial score (nSPS) is 11.1.